The molecule has 0 spiro atoms. The van der Waals surface area contributed by atoms with Gasteiger partial charge >= 0.3 is 0 Å². The van der Waals surface area contributed by atoms with Crippen molar-refractivity contribution in [3.8, 4) is 0 Å². The Morgan fingerprint density at radius 3 is 2.34 bits per heavy atom. The van der Waals surface area contributed by atoms with Crippen LogP contribution in [0.3, 0.4) is 0 Å². The number of anilines is 4. The van der Waals surface area contributed by atoms with Crippen molar-refractivity contribution in [2.24, 2.45) is 5.73 Å². The van der Waals surface area contributed by atoms with Crippen LogP contribution in [0.2, 0.25) is 5.02 Å². The highest BCUT2D eigenvalue weighted by atomic mass is 35.5. The number of piperazine rings is 1. The van der Waals surface area contributed by atoms with Crippen LogP contribution in [0.1, 0.15) is 56.3 Å². The molecule has 188 valence electrons. The summed E-state index contributed by atoms with van der Waals surface area (Å²) in [6, 6.07) is 6.97. The topological polar surface area (TPSA) is 81.8 Å². The van der Waals surface area contributed by atoms with Crippen molar-refractivity contribution in [3.05, 3.63) is 35.0 Å². The average Bonchev–Trinajstić information content (AvgIpc) is 3.30. The van der Waals surface area contributed by atoms with E-state index >= 15 is 0 Å². The SMILES string of the molecule is CC1CN(c2ncc(C(N)=O)cc2Cl)CCN1c1cc(N2CCCCC2)nc(N2CCC[C@@H]2C)c1. The van der Waals surface area contributed by atoms with Crippen molar-refractivity contribution in [1.82, 2.24) is 9.97 Å². The van der Waals surface area contributed by atoms with Crippen LogP contribution in [0.5, 0.6) is 0 Å². The van der Waals surface area contributed by atoms with Crippen LogP contribution in [0.15, 0.2) is 24.4 Å². The maximum absolute atomic E-state index is 11.5. The summed E-state index contributed by atoms with van der Waals surface area (Å²) in [5, 5.41) is 0.462. The van der Waals surface area contributed by atoms with Crippen molar-refractivity contribution >= 4 is 40.6 Å². The van der Waals surface area contributed by atoms with Crippen molar-refractivity contribution in [2.45, 2.75) is 58.0 Å². The van der Waals surface area contributed by atoms with Gasteiger partial charge in [0.1, 0.15) is 17.5 Å². The third-order valence-electron chi connectivity index (χ3n) is 7.68. The number of amides is 1. The van der Waals surface area contributed by atoms with E-state index in [9.17, 15) is 4.79 Å². The average molecular weight is 498 g/mol. The van der Waals surface area contributed by atoms with Gasteiger partial charge in [-0.2, -0.15) is 0 Å². The second kappa shape index (κ2) is 10.1. The first-order valence-electron chi connectivity index (χ1n) is 12.9. The Morgan fingerprint density at radius 2 is 1.69 bits per heavy atom. The van der Waals surface area contributed by atoms with E-state index in [0.717, 1.165) is 50.9 Å². The van der Waals surface area contributed by atoms with Gasteiger partial charge in [0, 0.05) is 75.4 Å². The number of carbonyl (C=O) groups is 1. The molecule has 0 aromatic carbocycles. The van der Waals surface area contributed by atoms with E-state index in [1.54, 1.807) is 6.07 Å². The first-order valence-corrected chi connectivity index (χ1v) is 13.3. The number of primary amides is 1. The summed E-state index contributed by atoms with van der Waals surface area (Å²) in [4.78, 5) is 30.7. The van der Waals surface area contributed by atoms with Crippen LogP contribution in [0, 0.1) is 0 Å². The van der Waals surface area contributed by atoms with E-state index in [4.69, 9.17) is 22.3 Å². The lowest BCUT2D eigenvalue weighted by atomic mass is 10.1. The van der Waals surface area contributed by atoms with Gasteiger partial charge in [0.05, 0.1) is 10.6 Å². The number of hydrogen-bond donors (Lipinski definition) is 1. The molecule has 0 radical (unpaired) electrons. The van der Waals surface area contributed by atoms with Gasteiger partial charge in [0.2, 0.25) is 5.91 Å². The maximum Gasteiger partial charge on any atom is 0.250 e. The highest BCUT2D eigenvalue weighted by molar-refractivity contribution is 6.33. The van der Waals surface area contributed by atoms with Gasteiger partial charge in [-0.1, -0.05) is 11.6 Å². The predicted molar refractivity (Wildman–Crippen MR) is 143 cm³/mol. The lowest BCUT2D eigenvalue weighted by Gasteiger charge is -2.42. The number of rotatable bonds is 5. The molecule has 2 aromatic rings. The Bertz CT molecular complexity index is 1070. The fraction of sp³-hybridized carbons (Fsp3) is 0.577. The van der Waals surface area contributed by atoms with Crippen LogP contribution in [0.25, 0.3) is 0 Å². The molecule has 0 bridgehead atoms. The van der Waals surface area contributed by atoms with Gasteiger partial charge in [0.25, 0.3) is 0 Å². The maximum atomic E-state index is 11.5. The normalized spacial score (nSPS) is 23.2. The molecule has 1 unspecified atom stereocenters. The molecule has 0 aliphatic carbocycles. The summed E-state index contributed by atoms with van der Waals surface area (Å²) in [7, 11) is 0. The summed E-state index contributed by atoms with van der Waals surface area (Å²) in [5.41, 5.74) is 6.95. The molecule has 3 saturated heterocycles. The molecule has 0 saturated carbocycles. The molecule has 35 heavy (non-hydrogen) atoms. The zero-order valence-electron chi connectivity index (χ0n) is 20.8. The molecular weight excluding hydrogens is 462 g/mol. The van der Waals surface area contributed by atoms with Gasteiger partial charge < -0.3 is 25.3 Å². The molecular formula is C26H36ClN7O. The van der Waals surface area contributed by atoms with Crippen LogP contribution < -0.4 is 25.3 Å². The lowest BCUT2D eigenvalue weighted by Crippen LogP contribution is -2.52. The number of carbonyl (C=O) groups excluding carboxylic acids is 1. The first-order chi connectivity index (χ1) is 16.9. The number of hydrogen-bond acceptors (Lipinski definition) is 7. The second-order valence-electron chi connectivity index (χ2n) is 10.2. The van der Waals surface area contributed by atoms with E-state index in [1.165, 1.54) is 44.0 Å². The molecule has 9 heteroatoms. The van der Waals surface area contributed by atoms with Gasteiger partial charge in [-0.25, -0.2) is 9.97 Å². The minimum Gasteiger partial charge on any atom is -0.366 e. The first kappa shape index (κ1) is 24.0. The molecule has 5 rings (SSSR count). The van der Waals surface area contributed by atoms with E-state index in [-0.39, 0.29) is 6.04 Å². The summed E-state index contributed by atoms with van der Waals surface area (Å²) in [6.07, 6.45) is 7.74. The molecule has 3 aliphatic rings. The highest BCUT2D eigenvalue weighted by Crippen LogP contribution is 2.34. The van der Waals surface area contributed by atoms with Crippen LogP contribution in [-0.4, -0.2) is 67.2 Å². The van der Waals surface area contributed by atoms with Gasteiger partial charge in [0.15, 0.2) is 0 Å². The zero-order valence-corrected chi connectivity index (χ0v) is 21.5. The Balaban J connectivity index is 1.40. The fourth-order valence-corrected chi connectivity index (χ4v) is 5.98. The van der Waals surface area contributed by atoms with Gasteiger partial charge in [-0.15, -0.1) is 0 Å². The van der Waals surface area contributed by atoms with E-state index in [2.05, 4.69) is 50.6 Å². The van der Waals surface area contributed by atoms with E-state index in [0.29, 0.717) is 22.4 Å². The van der Waals surface area contributed by atoms with Crippen molar-refractivity contribution < 1.29 is 4.79 Å². The Kier molecular flexibility index (Phi) is 6.91. The molecule has 8 nitrogen and oxygen atoms in total. The van der Waals surface area contributed by atoms with Gasteiger partial charge in [-0.3, -0.25) is 4.79 Å². The standard InChI is InChI=1S/C26H36ClN7O/c1-18-7-6-10-34(18)24-15-21(14-23(30-24)31-8-4-3-5-9-31)33-12-11-32(17-19(33)2)26-22(27)13-20(16-29-26)25(28)35/h13-16,18-19H,3-12,17H2,1-2H3,(H2,28,35)/t18-,19?/m0/s1. The number of nitrogens with two attached hydrogens (primary N) is 1. The fourth-order valence-electron chi connectivity index (χ4n) is 5.69. The van der Waals surface area contributed by atoms with E-state index < -0.39 is 5.91 Å². The Labute approximate surface area is 213 Å². The van der Waals surface area contributed by atoms with Crippen LogP contribution >= 0.6 is 11.6 Å². The molecule has 3 fully saturated rings. The molecule has 5 heterocycles. The monoisotopic (exact) mass is 497 g/mol. The molecule has 2 N–H and O–H groups in total. The number of piperidine rings is 1. The quantitative estimate of drug-likeness (QED) is 0.670. The van der Waals surface area contributed by atoms with E-state index in [1.807, 2.05) is 0 Å². The zero-order chi connectivity index (χ0) is 24.5. The molecule has 1 amide bonds. The summed E-state index contributed by atoms with van der Waals surface area (Å²) in [6.45, 7) is 10.2. The predicted octanol–water partition coefficient (Wildman–Crippen LogP) is 3.92. The third kappa shape index (κ3) is 4.99. The third-order valence-corrected chi connectivity index (χ3v) is 7.95. The minimum atomic E-state index is -0.519. The minimum absolute atomic E-state index is 0.262. The second-order valence-corrected chi connectivity index (χ2v) is 10.6. The van der Waals surface area contributed by atoms with Crippen molar-refractivity contribution in [3.63, 3.8) is 0 Å². The summed E-state index contributed by atoms with van der Waals surface area (Å²) >= 11 is 6.48. The number of aromatic nitrogens is 2. The van der Waals surface area contributed by atoms with Gasteiger partial charge in [-0.05, 0) is 52.0 Å². The summed E-state index contributed by atoms with van der Waals surface area (Å²) < 4.78 is 0. The van der Waals surface area contributed by atoms with Crippen LogP contribution in [-0.2, 0) is 0 Å². The number of nitrogens with zero attached hydrogens (tertiary/aromatic N) is 6. The molecule has 2 atom stereocenters. The largest absolute Gasteiger partial charge is 0.366 e. The Morgan fingerprint density at radius 1 is 0.914 bits per heavy atom. The molecule has 2 aromatic heterocycles. The molecule has 3 aliphatic heterocycles. The lowest BCUT2D eigenvalue weighted by molar-refractivity contribution is 0.1000. The number of halogens is 1. The van der Waals surface area contributed by atoms with Crippen molar-refractivity contribution in [1.29, 1.82) is 0 Å². The number of pyridine rings is 2. The Hall–Kier alpha value is -2.74. The van der Waals surface area contributed by atoms with Crippen molar-refractivity contribution in [2.75, 3.05) is 58.9 Å². The summed E-state index contributed by atoms with van der Waals surface area (Å²) in [5.74, 6) is 2.40. The highest BCUT2D eigenvalue weighted by Gasteiger charge is 2.29. The smallest absolute Gasteiger partial charge is 0.250 e. The van der Waals surface area contributed by atoms with Crippen LogP contribution in [0.4, 0.5) is 23.1 Å².